The summed E-state index contributed by atoms with van der Waals surface area (Å²) < 4.78 is 15.2. The number of hydrogen-bond donors (Lipinski definition) is 0. The Morgan fingerprint density at radius 3 is 2.81 bits per heavy atom. The standard InChI is InChI=1S/C17H18FN5OS2/c18-11-13(17(24)22-8-2-1-3-9-22)26-15-7-6-14-19-20-16(23(14)21-15)12-5-4-10-25-12/h4-7,10,13H,1-3,8-9,11H2. The number of hydrogen-bond acceptors (Lipinski definition) is 6. The lowest BCUT2D eigenvalue weighted by Crippen LogP contribution is -2.41. The molecule has 0 radical (unpaired) electrons. The highest BCUT2D eigenvalue weighted by atomic mass is 32.2. The number of aromatic nitrogens is 4. The topological polar surface area (TPSA) is 63.4 Å². The van der Waals surface area contributed by atoms with Crippen molar-refractivity contribution in [1.29, 1.82) is 0 Å². The minimum atomic E-state index is -0.764. The van der Waals surface area contributed by atoms with Gasteiger partial charge in [0.15, 0.2) is 11.5 Å². The van der Waals surface area contributed by atoms with Crippen molar-refractivity contribution in [3.8, 4) is 10.7 Å². The molecule has 6 nitrogen and oxygen atoms in total. The summed E-state index contributed by atoms with van der Waals surface area (Å²) in [7, 11) is 0. The molecular formula is C17H18FN5OS2. The van der Waals surface area contributed by atoms with Crippen LogP contribution >= 0.6 is 23.1 Å². The van der Waals surface area contributed by atoms with Gasteiger partial charge in [-0.3, -0.25) is 4.79 Å². The van der Waals surface area contributed by atoms with Gasteiger partial charge < -0.3 is 4.90 Å². The number of piperidine rings is 1. The van der Waals surface area contributed by atoms with E-state index in [4.69, 9.17) is 0 Å². The van der Waals surface area contributed by atoms with Crippen LogP contribution in [0.4, 0.5) is 4.39 Å². The lowest BCUT2D eigenvalue weighted by atomic mass is 10.1. The molecule has 0 aromatic carbocycles. The van der Waals surface area contributed by atoms with Gasteiger partial charge in [-0.15, -0.1) is 21.5 Å². The molecular weight excluding hydrogens is 373 g/mol. The Morgan fingerprint density at radius 1 is 1.23 bits per heavy atom. The number of rotatable bonds is 5. The van der Waals surface area contributed by atoms with Crippen LogP contribution in [0.15, 0.2) is 34.7 Å². The third-order valence-corrected chi connectivity index (χ3v) is 6.26. The van der Waals surface area contributed by atoms with Gasteiger partial charge in [0, 0.05) is 13.1 Å². The van der Waals surface area contributed by atoms with E-state index in [-0.39, 0.29) is 5.91 Å². The zero-order valence-corrected chi connectivity index (χ0v) is 15.7. The van der Waals surface area contributed by atoms with E-state index in [0.717, 1.165) is 49.0 Å². The fraction of sp³-hybridized carbons (Fsp3) is 0.412. The highest BCUT2D eigenvalue weighted by molar-refractivity contribution is 8.00. The van der Waals surface area contributed by atoms with Crippen molar-refractivity contribution >= 4 is 34.7 Å². The van der Waals surface area contributed by atoms with Crippen LogP contribution in [0, 0.1) is 0 Å². The summed E-state index contributed by atoms with van der Waals surface area (Å²) in [6.45, 7) is 0.728. The summed E-state index contributed by atoms with van der Waals surface area (Å²) in [6, 6.07) is 7.45. The van der Waals surface area contributed by atoms with E-state index in [0.29, 0.717) is 16.5 Å². The molecule has 0 bridgehead atoms. The molecule has 1 fully saturated rings. The van der Waals surface area contributed by atoms with Gasteiger partial charge in [0.2, 0.25) is 5.91 Å². The summed E-state index contributed by atoms with van der Waals surface area (Å²) in [5.41, 5.74) is 0.622. The van der Waals surface area contributed by atoms with Crippen LogP contribution in [-0.4, -0.2) is 55.6 Å². The minimum absolute atomic E-state index is 0.138. The smallest absolute Gasteiger partial charge is 0.238 e. The molecule has 1 atom stereocenters. The molecule has 0 spiro atoms. The van der Waals surface area contributed by atoms with Crippen molar-refractivity contribution in [2.24, 2.45) is 0 Å². The van der Waals surface area contributed by atoms with E-state index in [1.807, 2.05) is 17.5 Å². The Hall–Kier alpha value is -2.00. The van der Waals surface area contributed by atoms with Crippen molar-refractivity contribution in [3.05, 3.63) is 29.6 Å². The number of carbonyl (C=O) groups excluding carboxylic acids is 1. The second-order valence-corrected chi connectivity index (χ2v) is 8.26. The van der Waals surface area contributed by atoms with Crippen molar-refractivity contribution < 1.29 is 9.18 Å². The van der Waals surface area contributed by atoms with Crippen LogP contribution in [0.3, 0.4) is 0 Å². The third kappa shape index (κ3) is 3.45. The molecule has 1 saturated heterocycles. The van der Waals surface area contributed by atoms with Crippen LogP contribution in [0.5, 0.6) is 0 Å². The predicted octanol–water partition coefficient (Wildman–Crippen LogP) is 3.30. The normalized spacial score (nSPS) is 16.1. The number of fused-ring (bicyclic) bond motifs is 1. The second-order valence-electron chi connectivity index (χ2n) is 6.09. The number of likely N-dealkylation sites (tertiary alicyclic amines) is 1. The highest BCUT2D eigenvalue weighted by Gasteiger charge is 2.27. The number of thioether (sulfide) groups is 1. The van der Waals surface area contributed by atoms with Crippen molar-refractivity contribution in [3.63, 3.8) is 0 Å². The number of amides is 1. The Morgan fingerprint density at radius 2 is 2.08 bits per heavy atom. The quantitative estimate of drug-likeness (QED) is 0.625. The van der Waals surface area contributed by atoms with Crippen molar-refractivity contribution in [2.45, 2.75) is 29.5 Å². The number of alkyl halides is 1. The molecule has 1 aliphatic rings. The molecule has 1 aliphatic heterocycles. The van der Waals surface area contributed by atoms with Crippen LogP contribution in [0.2, 0.25) is 0 Å². The van der Waals surface area contributed by atoms with Crippen LogP contribution in [0.25, 0.3) is 16.3 Å². The monoisotopic (exact) mass is 391 g/mol. The molecule has 0 aliphatic carbocycles. The van der Waals surface area contributed by atoms with Gasteiger partial charge in [-0.1, -0.05) is 17.8 Å². The number of nitrogens with zero attached hydrogens (tertiary/aromatic N) is 5. The van der Waals surface area contributed by atoms with Gasteiger partial charge in [-0.2, -0.15) is 9.61 Å². The molecule has 3 aromatic rings. The first-order chi connectivity index (χ1) is 12.8. The van der Waals surface area contributed by atoms with E-state index in [9.17, 15) is 9.18 Å². The molecule has 9 heteroatoms. The van der Waals surface area contributed by atoms with Crippen LogP contribution in [0.1, 0.15) is 19.3 Å². The Kier molecular flexibility index (Phi) is 5.16. The lowest BCUT2D eigenvalue weighted by Gasteiger charge is -2.29. The maximum absolute atomic E-state index is 13.6. The van der Waals surface area contributed by atoms with E-state index >= 15 is 0 Å². The van der Waals surface area contributed by atoms with Gasteiger partial charge in [0.25, 0.3) is 0 Å². The first-order valence-corrected chi connectivity index (χ1v) is 10.3. The Labute approximate surface area is 158 Å². The maximum Gasteiger partial charge on any atom is 0.238 e. The summed E-state index contributed by atoms with van der Waals surface area (Å²) in [6.07, 6.45) is 3.11. The van der Waals surface area contributed by atoms with Gasteiger partial charge in [0.1, 0.15) is 17.0 Å². The summed E-state index contributed by atoms with van der Waals surface area (Å²) in [4.78, 5) is 15.3. The van der Waals surface area contributed by atoms with Crippen LogP contribution in [-0.2, 0) is 4.79 Å². The maximum atomic E-state index is 13.6. The summed E-state index contributed by atoms with van der Waals surface area (Å²) in [5.74, 6) is 0.512. The molecule has 4 heterocycles. The predicted molar refractivity (Wildman–Crippen MR) is 100 cm³/mol. The average Bonchev–Trinajstić information content (AvgIpc) is 3.35. The van der Waals surface area contributed by atoms with Crippen molar-refractivity contribution in [1.82, 2.24) is 24.7 Å². The summed E-state index contributed by atoms with van der Waals surface area (Å²) >= 11 is 2.72. The largest absolute Gasteiger partial charge is 0.342 e. The zero-order valence-electron chi connectivity index (χ0n) is 14.0. The molecule has 136 valence electrons. The van der Waals surface area contributed by atoms with E-state index in [1.165, 1.54) is 0 Å². The minimum Gasteiger partial charge on any atom is -0.342 e. The van der Waals surface area contributed by atoms with Gasteiger partial charge in [0.05, 0.1) is 4.88 Å². The molecule has 1 unspecified atom stereocenters. The van der Waals surface area contributed by atoms with Crippen LogP contribution < -0.4 is 0 Å². The fourth-order valence-electron chi connectivity index (χ4n) is 3.01. The Bertz CT molecular complexity index is 892. The summed E-state index contributed by atoms with van der Waals surface area (Å²) in [5, 5.41) is 14.6. The van der Waals surface area contributed by atoms with E-state index < -0.39 is 11.9 Å². The SMILES string of the molecule is O=C(C(CF)Sc1ccc2nnc(-c3cccs3)n2n1)N1CCCCC1. The number of carbonyl (C=O) groups is 1. The fourth-order valence-corrected chi connectivity index (χ4v) is 4.58. The Balaban J connectivity index is 1.57. The lowest BCUT2D eigenvalue weighted by molar-refractivity contribution is -0.131. The number of halogens is 1. The number of thiophene rings is 1. The molecule has 3 aromatic heterocycles. The molecule has 0 N–H and O–H groups in total. The molecule has 4 rings (SSSR count). The molecule has 0 saturated carbocycles. The first-order valence-electron chi connectivity index (χ1n) is 8.54. The third-order valence-electron chi connectivity index (χ3n) is 4.33. The van der Waals surface area contributed by atoms with Crippen molar-refractivity contribution in [2.75, 3.05) is 19.8 Å². The highest BCUT2D eigenvalue weighted by Crippen LogP contribution is 2.27. The van der Waals surface area contributed by atoms with Gasteiger partial charge in [-0.05, 0) is 42.8 Å². The second kappa shape index (κ2) is 7.71. The van der Waals surface area contributed by atoms with Gasteiger partial charge in [-0.25, -0.2) is 4.39 Å². The molecule has 1 amide bonds. The molecule has 26 heavy (non-hydrogen) atoms. The van der Waals surface area contributed by atoms with E-state index in [2.05, 4.69) is 15.3 Å². The zero-order chi connectivity index (χ0) is 17.9. The first kappa shape index (κ1) is 17.4. The van der Waals surface area contributed by atoms with Gasteiger partial charge >= 0.3 is 0 Å². The van der Waals surface area contributed by atoms with E-state index in [1.54, 1.807) is 32.9 Å². The average molecular weight is 391 g/mol.